The fourth-order valence-corrected chi connectivity index (χ4v) is 1.38. The van der Waals surface area contributed by atoms with Gasteiger partial charge in [0.1, 0.15) is 0 Å². The molecule has 0 bridgehead atoms. The zero-order valence-corrected chi connectivity index (χ0v) is 10.6. The van der Waals surface area contributed by atoms with E-state index in [1.807, 2.05) is 6.08 Å². The summed E-state index contributed by atoms with van der Waals surface area (Å²) >= 11 is 0. The maximum absolute atomic E-state index is 3.75. The number of rotatable bonds is 7. The van der Waals surface area contributed by atoms with Crippen LogP contribution in [0.3, 0.4) is 0 Å². The fraction of sp³-hybridized carbons (Fsp3) is 0.571. The molecule has 1 heteroatoms. The first kappa shape index (κ1) is 14.0. The normalized spacial score (nSPS) is 13.1. The summed E-state index contributed by atoms with van der Waals surface area (Å²) in [7, 11) is 0. The van der Waals surface area contributed by atoms with Gasteiger partial charge in [0.05, 0.1) is 0 Å². The van der Waals surface area contributed by atoms with Crippen LogP contribution in [0.15, 0.2) is 36.2 Å². The topological polar surface area (TPSA) is 12.0 Å². The van der Waals surface area contributed by atoms with Crippen LogP contribution >= 0.6 is 0 Å². The molecule has 0 aromatic carbocycles. The van der Waals surface area contributed by atoms with E-state index in [9.17, 15) is 0 Å². The highest BCUT2D eigenvalue weighted by atomic mass is 14.9. The zero-order valence-electron chi connectivity index (χ0n) is 10.6. The highest BCUT2D eigenvalue weighted by molar-refractivity contribution is 5.14. The minimum absolute atomic E-state index is 0.746. The van der Waals surface area contributed by atoms with Gasteiger partial charge >= 0.3 is 0 Å². The average Bonchev–Trinajstić information content (AvgIpc) is 2.15. The lowest BCUT2D eigenvalue weighted by molar-refractivity contribution is 0.574. The third kappa shape index (κ3) is 8.04. The monoisotopic (exact) mass is 207 g/mol. The van der Waals surface area contributed by atoms with Gasteiger partial charge in [0.15, 0.2) is 0 Å². The van der Waals surface area contributed by atoms with E-state index in [1.54, 1.807) is 0 Å². The summed E-state index contributed by atoms with van der Waals surface area (Å²) in [6, 6.07) is 0. The van der Waals surface area contributed by atoms with Crippen LogP contribution in [0, 0.1) is 5.92 Å². The summed E-state index contributed by atoms with van der Waals surface area (Å²) in [5.74, 6) is 0.746. The predicted octanol–water partition coefficient (Wildman–Crippen LogP) is 4.40. The molecule has 0 rings (SSSR count). The SMILES string of the molecule is C=C/C=C(\CCC(C)C)N/C(C)=C/CC. The van der Waals surface area contributed by atoms with Gasteiger partial charge in [-0.15, -0.1) is 0 Å². The van der Waals surface area contributed by atoms with Crippen molar-refractivity contribution in [3.8, 4) is 0 Å². The van der Waals surface area contributed by atoms with Crippen molar-refractivity contribution >= 4 is 0 Å². The molecule has 0 radical (unpaired) electrons. The molecule has 0 aliphatic carbocycles. The molecule has 0 fully saturated rings. The van der Waals surface area contributed by atoms with E-state index in [2.05, 4.69) is 51.7 Å². The number of hydrogen-bond donors (Lipinski definition) is 1. The number of nitrogens with one attached hydrogen (secondary N) is 1. The molecular weight excluding hydrogens is 182 g/mol. The molecule has 1 nitrogen and oxygen atoms in total. The minimum Gasteiger partial charge on any atom is -0.363 e. The second kappa shape index (κ2) is 8.34. The Morgan fingerprint density at radius 3 is 2.53 bits per heavy atom. The van der Waals surface area contributed by atoms with Gasteiger partial charge in [-0.2, -0.15) is 0 Å². The van der Waals surface area contributed by atoms with Crippen LogP contribution in [0.1, 0.15) is 47.0 Å². The smallest absolute Gasteiger partial charge is 0.0148 e. The first-order valence-electron chi connectivity index (χ1n) is 5.85. The van der Waals surface area contributed by atoms with E-state index in [-0.39, 0.29) is 0 Å². The summed E-state index contributed by atoms with van der Waals surface area (Å²) in [5, 5.41) is 3.43. The summed E-state index contributed by atoms with van der Waals surface area (Å²) in [5.41, 5.74) is 2.50. The molecule has 1 N–H and O–H groups in total. The van der Waals surface area contributed by atoms with E-state index < -0.39 is 0 Å². The summed E-state index contributed by atoms with van der Waals surface area (Å²) in [6.45, 7) is 12.5. The van der Waals surface area contributed by atoms with E-state index in [1.165, 1.54) is 17.8 Å². The van der Waals surface area contributed by atoms with Gasteiger partial charge in [-0.3, -0.25) is 0 Å². The Kier molecular flexibility index (Phi) is 7.79. The van der Waals surface area contributed by atoms with E-state index in [0.717, 1.165) is 18.8 Å². The highest BCUT2D eigenvalue weighted by Gasteiger charge is 1.99. The van der Waals surface area contributed by atoms with Gasteiger partial charge in [0.25, 0.3) is 0 Å². The van der Waals surface area contributed by atoms with Crippen LogP contribution in [0.5, 0.6) is 0 Å². The van der Waals surface area contributed by atoms with Crippen molar-refractivity contribution in [1.29, 1.82) is 0 Å². The zero-order chi connectivity index (χ0) is 11.7. The van der Waals surface area contributed by atoms with Crippen LogP contribution in [0.2, 0.25) is 0 Å². The molecule has 0 aliphatic heterocycles. The number of allylic oxidation sites excluding steroid dienone is 5. The molecule has 0 aromatic rings. The maximum Gasteiger partial charge on any atom is 0.0148 e. The lowest BCUT2D eigenvalue weighted by Crippen LogP contribution is -2.11. The maximum atomic E-state index is 3.75. The molecule has 0 atom stereocenters. The summed E-state index contributed by atoms with van der Waals surface area (Å²) in [6.07, 6.45) is 9.50. The van der Waals surface area contributed by atoms with Crippen LogP contribution in [-0.4, -0.2) is 0 Å². The van der Waals surface area contributed by atoms with E-state index in [4.69, 9.17) is 0 Å². The molecule has 0 aromatic heterocycles. The molecule has 0 unspecified atom stereocenters. The van der Waals surface area contributed by atoms with Crippen LogP contribution in [0.25, 0.3) is 0 Å². The molecule has 0 spiro atoms. The molecule has 0 saturated heterocycles. The quantitative estimate of drug-likeness (QED) is 0.610. The fourth-order valence-electron chi connectivity index (χ4n) is 1.38. The van der Waals surface area contributed by atoms with Gasteiger partial charge in [0.2, 0.25) is 0 Å². The lowest BCUT2D eigenvalue weighted by atomic mass is 10.1. The Balaban J connectivity index is 4.23. The van der Waals surface area contributed by atoms with Crippen molar-refractivity contribution in [3.05, 3.63) is 36.2 Å². The Morgan fingerprint density at radius 1 is 1.40 bits per heavy atom. The van der Waals surface area contributed by atoms with Gasteiger partial charge in [-0.25, -0.2) is 0 Å². The Morgan fingerprint density at radius 2 is 2.07 bits per heavy atom. The Labute approximate surface area is 95.0 Å². The van der Waals surface area contributed by atoms with Crippen LogP contribution < -0.4 is 5.32 Å². The summed E-state index contributed by atoms with van der Waals surface area (Å²) < 4.78 is 0. The second-order valence-electron chi connectivity index (χ2n) is 4.28. The highest BCUT2D eigenvalue weighted by Crippen LogP contribution is 2.11. The average molecular weight is 207 g/mol. The molecule has 15 heavy (non-hydrogen) atoms. The standard InChI is InChI=1S/C14H25N/c1-6-8-13(5)15-14(9-7-2)11-10-12(3)4/h7-9,12,15H,2,6,10-11H2,1,3-5H3/b13-8+,14-9+. The third-order valence-corrected chi connectivity index (χ3v) is 2.18. The largest absolute Gasteiger partial charge is 0.363 e. The molecular formula is C14H25N. The minimum atomic E-state index is 0.746. The predicted molar refractivity (Wildman–Crippen MR) is 69.5 cm³/mol. The third-order valence-electron chi connectivity index (χ3n) is 2.18. The summed E-state index contributed by atoms with van der Waals surface area (Å²) in [4.78, 5) is 0. The van der Waals surface area contributed by atoms with Gasteiger partial charge in [0, 0.05) is 11.4 Å². The van der Waals surface area contributed by atoms with Crippen LogP contribution in [0.4, 0.5) is 0 Å². The van der Waals surface area contributed by atoms with Crippen molar-refractivity contribution in [2.75, 3.05) is 0 Å². The van der Waals surface area contributed by atoms with Gasteiger partial charge < -0.3 is 5.32 Å². The van der Waals surface area contributed by atoms with Crippen molar-refractivity contribution in [1.82, 2.24) is 5.32 Å². The first-order valence-corrected chi connectivity index (χ1v) is 5.85. The molecule has 0 heterocycles. The van der Waals surface area contributed by atoms with Gasteiger partial charge in [-0.1, -0.05) is 39.5 Å². The Bertz CT molecular complexity index is 234. The van der Waals surface area contributed by atoms with E-state index in [0.29, 0.717) is 0 Å². The van der Waals surface area contributed by atoms with Crippen LogP contribution in [-0.2, 0) is 0 Å². The van der Waals surface area contributed by atoms with Crippen molar-refractivity contribution in [2.24, 2.45) is 5.92 Å². The Hall–Kier alpha value is -0.980. The lowest BCUT2D eigenvalue weighted by Gasteiger charge is -2.12. The first-order chi connectivity index (χ1) is 7.10. The van der Waals surface area contributed by atoms with Crippen molar-refractivity contribution in [2.45, 2.75) is 47.0 Å². The van der Waals surface area contributed by atoms with E-state index >= 15 is 0 Å². The van der Waals surface area contributed by atoms with Gasteiger partial charge in [-0.05, 0) is 38.2 Å². The molecule has 0 aliphatic rings. The molecule has 0 saturated carbocycles. The van der Waals surface area contributed by atoms with Crippen molar-refractivity contribution < 1.29 is 0 Å². The molecule has 0 amide bonds. The second-order valence-corrected chi connectivity index (χ2v) is 4.28. The van der Waals surface area contributed by atoms with Crippen molar-refractivity contribution in [3.63, 3.8) is 0 Å². The molecule has 86 valence electrons. The number of hydrogen-bond acceptors (Lipinski definition) is 1.